The molecule has 2 saturated carbocycles. The first kappa shape index (κ1) is 18.2. The first-order chi connectivity index (χ1) is 12.5. The van der Waals surface area contributed by atoms with Gasteiger partial charge in [0, 0.05) is 12.4 Å². The number of allylic oxidation sites excluding steroid dienone is 2. The molecule has 2 fully saturated rings. The number of rotatable bonds is 4. The lowest BCUT2D eigenvalue weighted by atomic mass is 9.46. The van der Waals surface area contributed by atoms with Crippen LogP contribution in [0.15, 0.2) is 30.6 Å². The molecule has 3 aliphatic rings. The van der Waals surface area contributed by atoms with Gasteiger partial charge in [-0.15, -0.1) is 0 Å². The van der Waals surface area contributed by atoms with Crippen molar-refractivity contribution in [2.45, 2.75) is 65.7 Å². The van der Waals surface area contributed by atoms with Crippen LogP contribution in [0, 0.1) is 34.5 Å². The standard InChI is InChI=1S/C24H36N2/c1-4-18-7-8-19-21-10-9-20(17-6-5-15-26-16-17)24(21,3)12-11-22(19)23(18,2)13-14-25/h5-6,9,15-16,18-19,21-22H,4,7-8,10-14,25H2,1-3H3/t18-,19+,21+,22+,23+,24-/m1/s1. The molecule has 4 rings (SSSR count). The molecule has 0 unspecified atom stereocenters. The highest BCUT2D eigenvalue weighted by Gasteiger charge is 2.57. The molecule has 1 aromatic rings. The van der Waals surface area contributed by atoms with Crippen LogP contribution in [-0.2, 0) is 0 Å². The molecule has 26 heavy (non-hydrogen) atoms. The number of nitrogens with zero attached hydrogens (tertiary/aromatic N) is 1. The van der Waals surface area contributed by atoms with E-state index in [0.29, 0.717) is 10.8 Å². The predicted molar refractivity (Wildman–Crippen MR) is 109 cm³/mol. The van der Waals surface area contributed by atoms with Crippen LogP contribution >= 0.6 is 0 Å². The van der Waals surface area contributed by atoms with Gasteiger partial charge >= 0.3 is 0 Å². The topological polar surface area (TPSA) is 38.9 Å². The van der Waals surface area contributed by atoms with Crippen LogP contribution in [-0.4, -0.2) is 11.5 Å². The fourth-order valence-corrected chi connectivity index (χ4v) is 7.44. The molecule has 0 spiro atoms. The Kier molecular flexibility index (Phi) is 4.75. The van der Waals surface area contributed by atoms with Gasteiger partial charge in [0.15, 0.2) is 0 Å². The molecule has 1 aromatic heterocycles. The van der Waals surface area contributed by atoms with Crippen molar-refractivity contribution < 1.29 is 0 Å². The van der Waals surface area contributed by atoms with Crippen molar-refractivity contribution in [3.05, 3.63) is 36.2 Å². The van der Waals surface area contributed by atoms with E-state index in [2.05, 4.69) is 50.2 Å². The molecule has 0 aliphatic heterocycles. The minimum absolute atomic E-state index is 0.340. The smallest absolute Gasteiger partial charge is 0.0343 e. The van der Waals surface area contributed by atoms with Gasteiger partial charge in [-0.1, -0.05) is 39.3 Å². The number of hydrogen-bond acceptors (Lipinski definition) is 2. The maximum absolute atomic E-state index is 6.10. The van der Waals surface area contributed by atoms with E-state index < -0.39 is 0 Å². The van der Waals surface area contributed by atoms with Gasteiger partial charge in [-0.2, -0.15) is 0 Å². The third-order valence-electron chi connectivity index (χ3n) is 8.79. The lowest BCUT2D eigenvalue weighted by Gasteiger charge is -2.59. The molecule has 6 atom stereocenters. The lowest BCUT2D eigenvalue weighted by molar-refractivity contribution is -0.0816. The van der Waals surface area contributed by atoms with Crippen LogP contribution in [0.25, 0.3) is 5.57 Å². The van der Waals surface area contributed by atoms with E-state index in [4.69, 9.17) is 5.73 Å². The van der Waals surface area contributed by atoms with E-state index in [1.54, 1.807) is 5.57 Å². The average Bonchev–Trinajstić information content (AvgIpc) is 3.00. The second-order valence-corrected chi connectivity index (χ2v) is 9.66. The van der Waals surface area contributed by atoms with E-state index in [1.807, 2.05) is 6.20 Å². The monoisotopic (exact) mass is 352 g/mol. The fourth-order valence-electron chi connectivity index (χ4n) is 7.44. The first-order valence-corrected chi connectivity index (χ1v) is 10.9. The van der Waals surface area contributed by atoms with Crippen LogP contribution in [0.2, 0.25) is 0 Å². The Labute approximate surface area is 159 Å². The van der Waals surface area contributed by atoms with Crippen molar-refractivity contribution >= 4 is 5.57 Å². The summed E-state index contributed by atoms with van der Waals surface area (Å²) in [5, 5.41) is 0. The van der Waals surface area contributed by atoms with Crippen LogP contribution in [0.4, 0.5) is 0 Å². The summed E-state index contributed by atoms with van der Waals surface area (Å²) < 4.78 is 0. The zero-order valence-electron chi connectivity index (χ0n) is 16.9. The SMILES string of the molecule is CC[C@@H]1CC[C@@H]2[C@H](CC[C@]3(C)C(c4cccnc4)=CC[C@@H]23)[C@@]1(C)CCN. The molecule has 2 nitrogen and oxygen atoms in total. The van der Waals surface area contributed by atoms with Gasteiger partial charge in [-0.3, -0.25) is 4.98 Å². The van der Waals surface area contributed by atoms with Crippen LogP contribution < -0.4 is 5.73 Å². The molecule has 0 amide bonds. The zero-order chi connectivity index (χ0) is 18.4. The minimum atomic E-state index is 0.340. The van der Waals surface area contributed by atoms with Gasteiger partial charge in [0.05, 0.1) is 0 Å². The second-order valence-electron chi connectivity index (χ2n) is 9.66. The Morgan fingerprint density at radius 2 is 2.04 bits per heavy atom. The molecule has 0 bridgehead atoms. The van der Waals surface area contributed by atoms with Crippen molar-refractivity contribution in [3.8, 4) is 0 Å². The quantitative estimate of drug-likeness (QED) is 0.755. The number of pyridine rings is 1. The maximum atomic E-state index is 6.10. The Morgan fingerprint density at radius 3 is 2.73 bits per heavy atom. The van der Waals surface area contributed by atoms with Crippen molar-refractivity contribution in [2.24, 2.45) is 40.2 Å². The molecule has 1 heterocycles. The predicted octanol–water partition coefficient (Wildman–Crippen LogP) is 5.69. The maximum Gasteiger partial charge on any atom is 0.0343 e. The summed E-state index contributed by atoms with van der Waals surface area (Å²) in [7, 11) is 0. The van der Waals surface area contributed by atoms with Gasteiger partial charge in [0.2, 0.25) is 0 Å². The number of hydrogen-bond donors (Lipinski definition) is 1. The highest BCUT2D eigenvalue weighted by molar-refractivity contribution is 5.72. The highest BCUT2D eigenvalue weighted by atomic mass is 14.7. The number of nitrogens with two attached hydrogens (primary N) is 1. The van der Waals surface area contributed by atoms with Crippen LogP contribution in [0.5, 0.6) is 0 Å². The van der Waals surface area contributed by atoms with E-state index in [0.717, 1.165) is 30.2 Å². The van der Waals surface area contributed by atoms with Crippen molar-refractivity contribution in [1.82, 2.24) is 4.98 Å². The molecule has 2 N–H and O–H groups in total. The average molecular weight is 353 g/mol. The molecular formula is C24H36N2. The van der Waals surface area contributed by atoms with Crippen molar-refractivity contribution in [1.29, 1.82) is 0 Å². The fraction of sp³-hybridized carbons (Fsp3) is 0.708. The number of fused-ring (bicyclic) bond motifs is 3. The zero-order valence-corrected chi connectivity index (χ0v) is 16.9. The highest BCUT2D eigenvalue weighted by Crippen LogP contribution is 2.66. The van der Waals surface area contributed by atoms with Crippen molar-refractivity contribution in [3.63, 3.8) is 0 Å². The Morgan fingerprint density at radius 1 is 1.19 bits per heavy atom. The van der Waals surface area contributed by atoms with Gasteiger partial charge in [-0.05, 0) is 96.8 Å². The van der Waals surface area contributed by atoms with E-state index in [-0.39, 0.29) is 0 Å². The minimum Gasteiger partial charge on any atom is -0.330 e. The summed E-state index contributed by atoms with van der Waals surface area (Å²) in [5.41, 5.74) is 9.81. The number of aromatic nitrogens is 1. The summed E-state index contributed by atoms with van der Waals surface area (Å²) in [4.78, 5) is 4.39. The summed E-state index contributed by atoms with van der Waals surface area (Å²) >= 11 is 0. The van der Waals surface area contributed by atoms with Crippen molar-refractivity contribution in [2.75, 3.05) is 6.54 Å². The third kappa shape index (κ3) is 2.59. The summed E-state index contributed by atoms with van der Waals surface area (Å²) in [6.45, 7) is 8.37. The normalized spacial score (nSPS) is 42.1. The Bertz CT molecular complexity index is 666. The van der Waals surface area contributed by atoms with Crippen LogP contribution in [0.3, 0.4) is 0 Å². The van der Waals surface area contributed by atoms with Gasteiger partial charge < -0.3 is 5.73 Å². The molecule has 142 valence electrons. The second kappa shape index (κ2) is 6.78. The third-order valence-corrected chi connectivity index (χ3v) is 8.79. The Balaban J connectivity index is 1.64. The van der Waals surface area contributed by atoms with Gasteiger partial charge in [-0.25, -0.2) is 0 Å². The van der Waals surface area contributed by atoms with E-state index in [1.165, 1.54) is 50.5 Å². The molecule has 0 saturated heterocycles. The summed E-state index contributed by atoms with van der Waals surface area (Å²) in [6, 6.07) is 4.34. The lowest BCUT2D eigenvalue weighted by Crippen LogP contribution is -2.51. The molecule has 0 radical (unpaired) electrons. The van der Waals surface area contributed by atoms with Gasteiger partial charge in [0.1, 0.15) is 0 Å². The van der Waals surface area contributed by atoms with E-state index in [9.17, 15) is 0 Å². The first-order valence-electron chi connectivity index (χ1n) is 10.9. The van der Waals surface area contributed by atoms with Gasteiger partial charge in [0.25, 0.3) is 0 Å². The van der Waals surface area contributed by atoms with Crippen LogP contribution in [0.1, 0.15) is 71.3 Å². The largest absolute Gasteiger partial charge is 0.330 e. The molecule has 3 aliphatic carbocycles. The summed E-state index contributed by atoms with van der Waals surface area (Å²) in [6.07, 6.45) is 15.8. The van der Waals surface area contributed by atoms with E-state index >= 15 is 0 Å². The molecule has 2 heteroatoms. The Hall–Kier alpha value is -1.15. The molecular weight excluding hydrogens is 316 g/mol. The summed E-state index contributed by atoms with van der Waals surface area (Å²) in [5.74, 6) is 3.41. The molecule has 0 aromatic carbocycles.